The van der Waals surface area contributed by atoms with Gasteiger partial charge in [0, 0.05) is 11.3 Å². The van der Waals surface area contributed by atoms with Crippen LogP contribution in [0.4, 0.5) is 18.9 Å². The standard InChI is InChI=1S/C22H19F3N2O3S/c1-15(16-7-3-2-4-8-16)26-21(28)17-9-5-12-20(13-17)31(29,30)27-19-11-6-10-18(14-19)22(23,24)25/h2-15,27H,1H3,(H,26,28)/t15-/m1/s1. The lowest BCUT2D eigenvalue weighted by atomic mass is 10.1. The maximum atomic E-state index is 12.9. The second-order valence-corrected chi connectivity index (χ2v) is 8.50. The molecule has 31 heavy (non-hydrogen) atoms. The normalized spacial score (nSPS) is 12.8. The number of rotatable bonds is 6. The lowest BCUT2D eigenvalue weighted by Gasteiger charge is -2.15. The molecule has 2 N–H and O–H groups in total. The molecular weight excluding hydrogens is 429 g/mol. The van der Waals surface area contributed by atoms with Crippen molar-refractivity contribution in [1.29, 1.82) is 0 Å². The Morgan fingerprint density at radius 2 is 1.58 bits per heavy atom. The van der Waals surface area contributed by atoms with Crippen LogP contribution in [0.15, 0.2) is 83.8 Å². The third-order valence-corrected chi connectivity index (χ3v) is 5.87. The van der Waals surface area contributed by atoms with Gasteiger partial charge in [0.1, 0.15) is 0 Å². The molecule has 0 aliphatic heterocycles. The average Bonchev–Trinajstić information content (AvgIpc) is 2.73. The molecule has 0 unspecified atom stereocenters. The first-order valence-corrected chi connectivity index (χ1v) is 10.7. The van der Waals surface area contributed by atoms with E-state index in [4.69, 9.17) is 0 Å². The number of nitrogens with one attached hydrogen (secondary N) is 2. The zero-order valence-corrected chi connectivity index (χ0v) is 17.2. The van der Waals surface area contributed by atoms with Gasteiger partial charge in [-0.15, -0.1) is 0 Å². The highest BCUT2D eigenvalue weighted by Crippen LogP contribution is 2.31. The molecule has 5 nitrogen and oxygen atoms in total. The van der Waals surface area contributed by atoms with Crippen molar-refractivity contribution in [3.05, 3.63) is 95.6 Å². The molecule has 9 heteroatoms. The van der Waals surface area contributed by atoms with Crippen LogP contribution in [0.2, 0.25) is 0 Å². The van der Waals surface area contributed by atoms with Gasteiger partial charge in [0.15, 0.2) is 0 Å². The van der Waals surface area contributed by atoms with Crippen LogP contribution in [0.25, 0.3) is 0 Å². The predicted molar refractivity (Wildman–Crippen MR) is 111 cm³/mol. The summed E-state index contributed by atoms with van der Waals surface area (Å²) in [6, 6.07) is 18.1. The van der Waals surface area contributed by atoms with Crippen LogP contribution in [0.5, 0.6) is 0 Å². The largest absolute Gasteiger partial charge is 0.416 e. The van der Waals surface area contributed by atoms with Gasteiger partial charge in [0.2, 0.25) is 0 Å². The summed E-state index contributed by atoms with van der Waals surface area (Å²) in [5, 5.41) is 2.79. The summed E-state index contributed by atoms with van der Waals surface area (Å²) in [6.45, 7) is 1.79. The third-order valence-electron chi connectivity index (χ3n) is 4.50. The Hall–Kier alpha value is -3.33. The number of hydrogen-bond donors (Lipinski definition) is 2. The second-order valence-electron chi connectivity index (χ2n) is 6.82. The number of hydrogen-bond acceptors (Lipinski definition) is 3. The van der Waals surface area contributed by atoms with Gasteiger partial charge in [0.25, 0.3) is 15.9 Å². The summed E-state index contributed by atoms with van der Waals surface area (Å²) in [6.07, 6.45) is -4.60. The van der Waals surface area contributed by atoms with E-state index in [1.165, 1.54) is 30.3 Å². The monoisotopic (exact) mass is 448 g/mol. The van der Waals surface area contributed by atoms with Crippen molar-refractivity contribution in [3.63, 3.8) is 0 Å². The Kier molecular flexibility index (Phi) is 6.35. The Morgan fingerprint density at radius 3 is 2.26 bits per heavy atom. The second kappa shape index (κ2) is 8.81. The average molecular weight is 448 g/mol. The van der Waals surface area contributed by atoms with E-state index < -0.39 is 27.7 Å². The molecule has 1 atom stereocenters. The van der Waals surface area contributed by atoms with E-state index in [9.17, 15) is 26.4 Å². The van der Waals surface area contributed by atoms with E-state index in [0.29, 0.717) is 6.07 Å². The summed E-state index contributed by atoms with van der Waals surface area (Å²) < 4.78 is 66.0. The van der Waals surface area contributed by atoms with E-state index in [1.54, 1.807) is 6.92 Å². The minimum atomic E-state index is -4.60. The number of carbonyl (C=O) groups excluding carboxylic acids is 1. The first-order chi connectivity index (χ1) is 14.6. The van der Waals surface area contributed by atoms with Gasteiger partial charge in [-0.2, -0.15) is 13.2 Å². The smallest absolute Gasteiger partial charge is 0.346 e. The molecule has 0 heterocycles. The van der Waals surface area contributed by atoms with Gasteiger partial charge in [0.05, 0.1) is 16.5 Å². The number of anilines is 1. The number of amides is 1. The number of alkyl halides is 3. The molecule has 0 fully saturated rings. The van der Waals surface area contributed by atoms with Crippen LogP contribution >= 0.6 is 0 Å². The summed E-state index contributed by atoms with van der Waals surface area (Å²) in [5.74, 6) is -0.479. The molecular formula is C22H19F3N2O3S. The van der Waals surface area contributed by atoms with Gasteiger partial charge < -0.3 is 5.32 Å². The summed E-state index contributed by atoms with van der Waals surface area (Å²) >= 11 is 0. The van der Waals surface area contributed by atoms with Gasteiger partial charge >= 0.3 is 6.18 Å². The molecule has 0 aliphatic rings. The molecule has 1 amide bonds. The maximum absolute atomic E-state index is 12.9. The number of halogens is 3. The number of carbonyl (C=O) groups is 1. The lowest BCUT2D eigenvalue weighted by molar-refractivity contribution is -0.137. The number of sulfonamides is 1. The first-order valence-electron chi connectivity index (χ1n) is 9.22. The van der Waals surface area contributed by atoms with Crippen LogP contribution in [-0.4, -0.2) is 14.3 Å². The highest BCUT2D eigenvalue weighted by Gasteiger charge is 2.30. The topological polar surface area (TPSA) is 75.3 Å². The third kappa shape index (κ3) is 5.64. The van der Waals surface area contributed by atoms with Gasteiger partial charge in [-0.25, -0.2) is 8.42 Å². The van der Waals surface area contributed by atoms with E-state index in [1.807, 2.05) is 30.3 Å². The van der Waals surface area contributed by atoms with Crippen LogP contribution in [-0.2, 0) is 16.2 Å². The van der Waals surface area contributed by atoms with Gasteiger partial charge in [-0.3, -0.25) is 9.52 Å². The fraction of sp³-hybridized carbons (Fsp3) is 0.136. The van der Waals surface area contributed by atoms with Gasteiger partial charge in [-0.1, -0.05) is 42.5 Å². The molecule has 0 saturated heterocycles. The van der Waals surface area contributed by atoms with Crippen molar-refractivity contribution in [2.75, 3.05) is 4.72 Å². The molecule has 0 spiro atoms. The molecule has 0 bridgehead atoms. The SMILES string of the molecule is C[C@@H](NC(=O)c1cccc(S(=O)(=O)Nc2cccc(C(F)(F)F)c2)c1)c1ccccc1. The van der Waals surface area contributed by atoms with E-state index >= 15 is 0 Å². The van der Waals surface area contributed by atoms with Crippen molar-refractivity contribution in [2.45, 2.75) is 24.0 Å². The Morgan fingerprint density at radius 1 is 0.903 bits per heavy atom. The number of benzene rings is 3. The fourth-order valence-corrected chi connectivity index (χ4v) is 3.98. The minimum absolute atomic E-state index is 0.106. The zero-order chi connectivity index (χ0) is 22.6. The fourth-order valence-electron chi connectivity index (χ4n) is 2.88. The molecule has 162 valence electrons. The molecule has 0 aromatic heterocycles. The van der Waals surface area contributed by atoms with Crippen molar-refractivity contribution < 1.29 is 26.4 Å². The summed E-state index contributed by atoms with van der Waals surface area (Å²) in [5.41, 5.74) is -0.223. The minimum Gasteiger partial charge on any atom is -0.346 e. The van der Waals surface area contributed by atoms with Crippen LogP contribution in [0, 0.1) is 0 Å². The first kappa shape index (κ1) is 22.4. The van der Waals surface area contributed by atoms with Crippen molar-refractivity contribution in [2.24, 2.45) is 0 Å². The van der Waals surface area contributed by atoms with Crippen LogP contribution in [0.3, 0.4) is 0 Å². The summed E-state index contributed by atoms with van der Waals surface area (Å²) in [4.78, 5) is 12.3. The molecule has 0 radical (unpaired) electrons. The Labute approximate surface area is 178 Å². The highest BCUT2D eigenvalue weighted by molar-refractivity contribution is 7.92. The quantitative estimate of drug-likeness (QED) is 0.558. The predicted octanol–water partition coefficient (Wildman–Crippen LogP) is 5.00. The van der Waals surface area contributed by atoms with Crippen LogP contribution in [0.1, 0.15) is 34.5 Å². The lowest BCUT2D eigenvalue weighted by Crippen LogP contribution is -2.27. The van der Waals surface area contributed by atoms with Crippen LogP contribution < -0.4 is 10.0 Å². The molecule has 0 saturated carbocycles. The van der Waals surface area contributed by atoms with E-state index in [-0.39, 0.29) is 22.2 Å². The Bertz CT molecular complexity index is 1180. The Balaban J connectivity index is 1.79. The molecule has 3 rings (SSSR count). The van der Waals surface area contributed by atoms with Crippen molar-refractivity contribution in [3.8, 4) is 0 Å². The molecule has 3 aromatic rings. The van der Waals surface area contributed by atoms with Crippen molar-refractivity contribution >= 4 is 21.6 Å². The van der Waals surface area contributed by atoms with Gasteiger partial charge in [-0.05, 0) is 48.9 Å². The van der Waals surface area contributed by atoms with Crippen molar-refractivity contribution in [1.82, 2.24) is 5.32 Å². The van der Waals surface area contributed by atoms with E-state index in [2.05, 4.69) is 10.0 Å². The van der Waals surface area contributed by atoms with E-state index in [0.717, 1.165) is 17.7 Å². The highest BCUT2D eigenvalue weighted by atomic mass is 32.2. The maximum Gasteiger partial charge on any atom is 0.416 e. The molecule has 0 aliphatic carbocycles. The zero-order valence-electron chi connectivity index (χ0n) is 16.3. The molecule has 3 aromatic carbocycles. The summed E-state index contributed by atoms with van der Waals surface area (Å²) in [7, 11) is -4.21.